The van der Waals surface area contributed by atoms with E-state index in [1.165, 1.54) is 17.7 Å². The molecule has 0 spiro atoms. The van der Waals surface area contributed by atoms with Gasteiger partial charge >= 0.3 is 0 Å². The van der Waals surface area contributed by atoms with Crippen molar-refractivity contribution in [1.29, 1.82) is 0 Å². The first-order valence-corrected chi connectivity index (χ1v) is 7.17. The van der Waals surface area contributed by atoms with E-state index >= 15 is 0 Å². The molecule has 110 valence electrons. The molecule has 0 saturated heterocycles. The highest BCUT2D eigenvalue weighted by molar-refractivity contribution is 5.43. The van der Waals surface area contributed by atoms with Crippen LogP contribution in [0.3, 0.4) is 0 Å². The predicted molar refractivity (Wildman–Crippen MR) is 80.0 cm³/mol. The van der Waals surface area contributed by atoms with Crippen LogP contribution in [0.4, 0.5) is 4.39 Å². The van der Waals surface area contributed by atoms with Gasteiger partial charge in [-0.1, -0.05) is 17.7 Å². The zero-order valence-corrected chi connectivity index (χ0v) is 12.5. The Morgan fingerprint density at radius 2 is 1.76 bits per heavy atom. The minimum atomic E-state index is -0.626. The summed E-state index contributed by atoms with van der Waals surface area (Å²) in [6.07, 6.45) is -0.377. The van der Waals surface area contributed by atoms with Crippen LogP contribution in [0.15, 0.2) is 30.3 Å². The van der Waals surface area contributed by atoms with Gasteiger partial charge in [-0.15, -0.1) is 0 Å². The standard InChI is InChI=1S/C18H19FO2/c1-10-6-11(2)18(12(3)7-10)17-9-15(20)14-5-4-13(19)8-16(14)21-17/h4-8,15,17,20H,9H2,1-3H3/t15-,17?/m0/s1. The Labute approximate surface area is 124 Å². The summed E-state index contributed by atoms with van der Waals surface area (Å²) in [5, 5.41) is 10.3. The van der Waals surface area contributed by atoms with Gasteiger partial charge in [-0.05, 0) is 49.6 Å². The Hall–Kier alpha value is -1.87. The fraction of sp³-hybridized carbons (Fsp3) is 0.333. The fourth-order valence-electron chi connectivity index (χ4n) is 3.29. The summed E-state index contributed by atoms with van der Waals surface area (Å²) in [7, 11) is 0. The van der Waals surface area contributed by atoms with E-state index in [4.69, 9.17) is 4.74 Å². The number of fused-ring (bicyclic) bond motifs is 1. The van der Waals surface area contributed by atoms with E-state index in [1.807, 2.05) is 13.8 Å². The number of aliphatic hydroxyl groups is 1. The van der Waals surface area contributed by atoms with Crippen LogP contribution in [0.2, 0.25) is 0 Å². The Bertz CT molecular complexity index is 671. The van der Waals surface area contributed by atoms with E-state index < -0.39 is 6.10 Å². The Kier molecular flexibility index (Phi) is 3.46. The van der Waals surface area contributed by atoms with Crippen molar-refractivity contribution in [2.45, 2.75) is 39.4 Å². The molecule has 21 heavy (non-hydrogen) atoms. The molecule has 1 N–H and O–H groups in total. The normalized spacial score (nSPS) is 20.8. The zero-order chi connectivity index (χ0) is 15.1. The molecule has 2 aromatic rings. The monoisotopic (exact) mass is 286 g/mol. The van der Waals surface area contributed by atoms with Gasteiger partial charge in [-0.25, -0.2) is 4.39 Å². The van der Waals surface area contributed by atoms with Crippen LogP contribution in [-0.4, -0.2) is 5.11 Å². The van der Waals surface area contributed by atoms with Gasteiger partial charge in [0, 0.05) is 18.1 Å². The highest BCUT2D eigenvalue weighted by Crippen LogP contribution is 2.42. The summed E-state index contributed by atoms with van der Waals surface area (Å²) in [5.41, 5.74) is 5.25. The van der Waals surface area contributed by atoms with E-state index in [9.17, 15) is 9.50 Å². The summed E-state index contributed by atoms with van der Waals surface area (Å²) in [6, 6.07) is 8.52. The van der Waals surface area contributed by atoms with Crippen LogP contribution >= 0.6 is 0 Å². The van der Waals surface area contributed by atoms with Crippen LogP contribution in [0.5, 0.6) is 5.75 Å². The van der Waals surface area contributed by atoms with Gasteiger partial charge in [0.2, 0.25) is 0 Å². The van der Waals surface area contributed by atoms with Crippen molar-refractivity contribution < 1.29 is 14.2 Å². The molecule has 0 saturated carbocycles. The molecule has 0 amide bonds. The predicted octanol–water partition coefficient (Wildman–Crippen LogP) is 4.31. The van der Waals surface area contributed by atoms with E-state index in [-0.39, 0.29) is 11.9 Å². The molecular weight excluding hydrogens is 267 g/mol. The Balaban J connectivity index is 2.03. The molecule has 2 aromatic carbocycles. The molecule has 0 aromatic heterocycles. The molecular formula is C18H19FO2. The molecule has 1 unspecified atom stereocenters. The maximum Gasteiger partial charge on any atom is 0.128 e. The van der Waals surface area contributed by atoms with Crippen LogP contribution in [0.1, 0.15) is 46.4 Å². The van der Waals surface area contributed by atoms with Crippen LogP contribution < -0.4 is 4.74 Å². The zero-order valence-electron chi connectivity index (χ0n) is 12.5. The lowest BCUT2D eigenvalue weighted by Gasteiger charge is -2.31. The van der Waals surface area contributed by atoms with E-state index in [1.54, 1.807) is 6.07 Å². The lowest BCUT2D eigenvalue weighted by molar-refractivity contribution is 0.0648. The third kappa shape index (κ3) is 2.54. The quantitative estimate of drug-likeness (QED) is 0.846. The van der Waals surface area contributed by atoms with Crippen LogP contribution in [0, 0.1) is 26.6 Å². The van der Waals surface area contributed by atoms with E-state index in [0.717, 1.165) is 16.7 Å². The van der Waals surface area contributed by atoms with Gasteiger partial charge in [0.05, 0.1) is 6.10 Å². The van der Waals surface area contributed by atoms with Gasteiger partial charge in [-0.2, -0.15) is 0 Å². The third-order valence-corrected chi connectivity index (χ3v) is 4.10. The highest BCUT2D eigenvalue weighted by atomic mass is 19.1. The maximum absolute atomic E-state index is 13.4. The molecule has 1 aliphatic heterocycles. The lowest BCUT2D eigenvalue weighted by Crippen LogP contribution is -2.20. The SMILES string of the molecule is Cc1cc(C)c(C2C[C@H](O)c3ccc(F)cc3O2)c(C)c1. The van der Waals surface area contributed by atoms with Gasteiger partial charge < -0.3 is 9.84 Å². The van der Waals surface area contributed by atoms with Gasteiger partial charge in [0.1, 0.15) is 17.7 Å². The first kappa shape index (κ1) is 14.1. The maximum atomic E-state index is 13.4. The summed E-state index contributed by atoms with van der Waals surface area (Å²) < 4.78 is 19.4. The van der Waals surface area contributed by atoms with Crippen molar-refractivity contribution >= 4 is 0 Å². The number of halogens is 1. The molecule has 1 aliphatic rings. The smallest absolute Gasteiger partial charge is 0.128 e. The first-order chi connectivity index (χ1) is 9.95. The second-order valence-electron chi connectivity index (χ2n) is 5.85. The van der Waals surface area contributed by atoms with Crippen molar-refractivity contribution in [3.8, 4) is 5.75 Å². The van der Waals surface area contributed by atoms with E-state index in [0.29, 0.717) is 17.7 Å². The molecule has 0 aliphatic carbocycles. The third-order valence-electron chi connectivity index (χ3n) is 4.10. The Morgan fingerprint density at radius 3 is 2.43 bits per heavy atom. The largest absolute Gasteiger partial charge is 0.485 e. The summed E-state index contributed by atoms with van der Waals surface area (Å²) in [6.45, 7) is 6.16. The molecule has 1 heterocycles. The van der Waals surface area contributed by atoms with Crippen molar-refractivity contribution in [3.63, 3.8) is 0 Å². The topological polar surface area (TPSA) is 29.5 Å². The number of benzene rings is 2. The molecule has 2 nitrogen and oxygen atoms in total. The molecule has 3 rings (SSSR count). The summed E-state index contributed by atoms with van der Waals surface area (Å²) >= 11 is 0. The number of rotatable bonds is 1. The number of aliphatic hydroxyl groups excluding tert-OH is 1. The first-order valence-electron chi connectivity index (χ1n) is 7.17. The van der Waals surface area contributed by atoms with Crippen molar-refractivity contribution in [1.82, 2.24) is 0 Å². The molecule has 0 fully saturated rings. The average Bonchev–Trinajstić information content (AvgIpc) is 2.36. The van der Waals surface area contributed by atoms with Crippen molar-refractivity contribution in [2.24, 2.45) is 0 Å². The molecule has 0 bridgehead atoms. The molecule has 2 atom stereocenters. The van der Waals surface area contributed by atoms with Gasteiger partial charge in [0.25, 0.3) is 0 Å². The summed E-state index contributed by atoms with van der Waals surface area (Å²) in [4.78, 5) is 0. The van der Waals surface area contributed by atoms with E-state index in [2.05, 4.69) is 19.1 Å². The fourth-order valence-corrected chi connectivity index (χ4v) is 3.29. The van der Waals surface area contributed by atoms with Gasteiger partial charge in [-0.3, -0.25) is 0 Å². The van der Waals surface area contributed by atoms with Crippen molar-refractivity contribution in [3.05, 3.63) is 64.0 Å². The second kappa shape index (κ2) is 5.15. The average molecular weight is 286 g/mol. The molecule has 0 radical (unpaired) electrons. The van der Waals surface area contributed by atoms with Crippen LogP contribution in [0.25, 0.3) is 0 Å². The highest BCUT2D eigenvalue weighted by Gasteiger charge is 2.30. The van der Waals surface area contributed by atoms with Gasteiger partial charge in [0.15, 0.2) is 0 Å². The van der Waals surface area contributed by atoms with Crippen molar-refractivity contribution in [2.75, 3.05) is 0 Å². The minimum Gasteiger partial charge on any atom is -0.485 e. The lowest BCUT2D eigenvalue weighted by atomic mass is 9.89. The van der Waals surface area contributed by atoms with Crippen LogP contribution in [-0.2, 0) is 0 Å². The number of aryl methyl sites for hydroxylation is 3. The second-order valence-corrected chi connectivity index (χ2v) is 5.85. The number of ether oxygens (including phenoxy) is 1. The molecule has 3 heteroatoms. The number of hydrogen-bond donors (Lipinski definition) is 1. The minimum absolute atomic E-state index is 0.241. The number of hydrogen-bond acceptors (Lipinski definition) is 2. The Morgan fingerprint density at radius 1 is 1.10 bits per heavy atom. The summed E-state index contributed by atoms with van der Waals surface area (Å²) in [5.74, 6) is 0.0945.